The molecule has 0 radical (unpaired) electrons. The summed E-state index contributed by atoms with van der Waals surface area (Å²) in [5.74, 6) is -1.90. The molecule has 1 aromatic heterocycles. The smallest absolute Gasteiger partial charge is 0.336 e. The molecule has 2 atom stereocenters. The molecule has 36 heavy (non-hydrogen) atoms. The summed E-state index contributed by atoms with van der Waals surface area (Å²) >= 11 is 13.5. The average Bonchev–Trinajstić information content (AvgIpc) is 3.41. The van der Waals surface area contributed by atoms with E-state index in [0.717, 1.165) is 15.3 Å². The molecule has 0 bridgehead atoms. The van der Waals surface area contributed by atoms with E-state index in [-0.39, 0.29) is 11.3 Å². The molecule has 4 rings (SSSR count). The van der Waals surface area contributed by atoms with E-state index in [0.29, 0.717) is 28.7 Å². The number of halogens is 2. The molecule has 11 heteroatoms. The highest BCUT2D eigenvalue weighted by atomic mass is 35.5. The highest BCUT2D eigenvalue weighted by Gasteiger charge is 2.44. The van der Waals surface area contributed by atoms with Crippen LogP contribution in [0, 0.1) is 11.3 Å². The molecule has 1 fully saturated rings. The summed E-state index contributed by atoms with van der Waals surface area (Å²) in [6.07, 6.45) is 0. The summed E-state index contributed by atoms with van der Waals surface area (Å²) < 4.78 is 0. The Balaban J connectivity index is 1.62. The highest BCUT2D eigenvalue weighted by Crippen LogP contribution is 2.32. The third-order valence-corrected chi connectivity index (χ3v) is 7.14. The summed E-state index contributed by atoms with van der Waals surface area (Å²) in [5.41, 5.74) is 1.73. The van der Waals surface area contributed by atoms with Gasteiger partial charge in [-0.25, -0.2) is 14.5 Å². The van der Waals surface area contributed by atoms with Gasteiger partial charge in [0, 0.05) is 39.3 Å². The third-order valence-electron chi connectivity index (χ3n) is 5.78. The molecule has 2 unspecified atom stereocenters. The van der Waals surface area contributed by atoms with Gasteiger partial charge in [0.2, 0.25) is 0 Å². The summed E-state index contributed by atoms with van der Waals surface area (Å²) in [7, 11) is 1.85. The molecule has 1 saturated heterocycles. The Hall–Kier alpha value is -3.42. The van der Waals surface area contributed by atoms with Crippen molar-refractivity contribution in [3.05, 3.63) is 85.5 Å². The Morgan fingerprint density at radius 1 is 1.19 bits per heavy atom. The van der Waals surface area contributed by atoms with Gasteiger partial charge in [-0.15, -0.1) is 11.3 Å². The van der Waals surface area contributed by atoms with Gasteiger partial charge in [0.25, 0.3) is 5.91 Å². The van der Waals surface area contributed by atoms with Gasteiger partial charge in [0.1, 0.15) is 6.04 Å². The van der Waals surface area contributed by atoms with Gasteiger partial charge in [0.15, 0.2) is 0 Å². The molecule has 3 amide bonds. The lowest BCUT2D eigenvalue weighted by Gasteiger charge is -2.27. The first-order chi connectivity index (χ1) is 17.2. The van der Waals surface area contributed by atoms with E-state index in [4.69, 9.17) is 23.2 Å². The number of urea groups is 1. The topological polar surface area (TPSA) is 114 Å². The fourth-order valence-corrected chi connectivity index (χ4v) is 5.59. The predicted octanol–water partition coefficient (Wildman–Crippen LogP) is 4.97. The van der Waals surface area contributed by atoms with Crippen LogP contribution >= 0.6 is 34.5 Å². The van der Waals surface area contributed by atoms with Crippen LogP contribution in [-0.2, 0) is 11.3 Å². The number of hydrogen-bond donors (Lipinski definition) is 2. The van der Waals surface area contributed by atoms with E-state index in [1.807, 2.05) is 11.9 Å². The quantitative estimate of drug-likeness (QED) is 0.388. The molecule has 2 aromatic carbocycles. The lowest BCUT2D eigenvalue weighted by Crippen LogP contribution is -2.41. The van der Waals surface area contributed by atoms with Crippen molar-refractivity contribution in [2.75, 3.05) is 18.5 Å². The maximum Gasteiger partial charge on any atom is 0.336 e. The van der Waals surface area contributed by atoms with Gasteiger partial charge < -0.3 is 15.3 Å². The van der Waals surface area contributed by atoms with Crippen molar-refractivity contribution < 1.29 is 19.5 Å². The van der Waals surface area contributed by atoms with Crippen molar-refractivity contribution in [2.24, 2.45) is 0 Å². The highest BCUT2D eigenvalue weighted by molar-refractivity contribution is 7.10. The second-order valence-corrected chi connectivity index (χ2v) is 10.2. The largest absolute Gasteiger partial charge is 0.478 e. The van der Waals surface area contributed by atoms with Crippen LogP contribution in [0.15, 0.2) is 53.9 Å². The Labute approximate surface area is 221 Å². The van der Waals surface area contributed by atoms with Crippen LogP contribution in [0.4, 0.5) is 10.5 Å². The SMILES string of the molecule is CN(Cc1cc(C(=O)O)cs1)CC(c1ccc(C#N)cc1)C1NC(=O)N(c2cc(Cl)cc(Cl)c2)C1=O. The van der Waals surface area contributed by atoms with Gasteiger partial charge in [-0.1, -0.05) is 35.3 Å². The van der Waals surface area contributed by atoms with Gasteiger partial charge in [-0.2, -0.15) is 5.26 Å². The third kappa shape index (κ3) is 5.53. The molecule has 184 valence electrons. The van der Waals surface area contributed by atoms with Crippen molar-refractivity contribution in [1.82, 2.24) is 10.2 Å². The molecule has 2 N–H and O–H groups in total. The van der Waals surface area contributed by atoms with Crippen LogP contribution in [0.25, 0.3) is 0 Å². The first kappa shape index (κ1) is 25.7. The zero-order chi connectivity index (χ0) is 26.0. The van der Waals surface area contributed by atoms with Crippen LogP contribution in [0.3, 0.4) is 0 Å². The molecular weight excluding hydrogens is 523 g/mol. The number of thiophene rings is 1. The molecule has 2 heterocycles. The molecule has 0 saturated carbocycles. The minimum absolute atomic E-state index is 0.223. The molecule has 0 aliphatic carbocycles. The maximum atomic E-state index is 13.5. The average molecular weight is 543 g/mol. The fourth-order valence-electron chi connectivity index (χ4n) is 4.13. The van der Waals surface area contributed by atoms with E-state index >= 15 is 0 Å². The summed E-state index contributed by atoms with van der Waals surface area (Å²) in [5, 5.41) is 23.3. The van der Waals surface area contributed by atoms with E-state index in [2.05, 4.69) is 11.4 Å². The van der Waals surface area contributed by atoms with Gasteiger partial charge in [0.05, 0.1) is 22.9 Å². The number of anilines is 1. The van der Waals surface area contributed by atoms with Crippen LogP contribution in [0.5, 0.6) is 0 Å². The summed E-state index contributed by atoms with van der Waals surface area (Å²) in [6, 6.07) is 13.6. The molecule has 8 nitrogen and oxygen atoms in total. The minimum atomic E-state index is -0.990. The first-order valence-corrected chi connectivity index (χ1v) is 12.4. The fraction of sp³-hybridized carbons (Fsp3) is 0.200. The van der Waals surface area contributed by atoms with Gasteiger partial charge in [-0.3, -0.25) is 4.79 Å². The van der Waals surface area contributed by atoms with E-state index in [1.54, 1.807) is 35.7 Å². The number of amides is 3. The van der Waals surface area contributed by atoms with Crippen molar-refractivity contribution in [2.45, 2.75) is 18.5 Å². The monoisotopic (exact) mass is 542 g/mol. The van der Waals surface area contributed by atoms with Crippen molar-refractivity contribution in [1.29, 1.82) is 5.26 Å². The standard InChI is InChI=1S/C25H20Cl2N4O4S/c1-30(11-20-6-16(13-36-20)24(33)34)12-21(15-4-2-14(10-28)3-5-15)22-23(32)31(25(35)29-22)19-8-17(26)7-18(27)9-19/h2-9,13,21-22H,11-12H2,1H3,(H,29,35)(H,33,34). The lowest BCUT2D eigenvalue weighted by molar-refractivity contribution is -0.118. The second-order valence-electron chi connectivity index (χ2n) is 8.37. The Kier molecular flexibility index (Phi) is 7.62. The van der Waals surface area contributed by atoms with E-state index in [1.165, 1.54) is 29.5 Å². The number of carbonyl (C=O) groups is 3. The van der Waals surface area contributed by atoms with Crippen molar-refractivity contribution >= 4 is 58.1 Å². The Bertz CT molecular complexity index is 1350. The molecule has 0 spiro atoms. The van der Waals surface area contributed by atoms with Crippen LogP contribution in [0.2, 0.25) is 10.0 Å². The van der Waals surface area contributed by atoms with E-state index in [9.17, 15) is 24.8 Å². The number of nitriles is 1. The number of rotatable bonds is 8. The normalized spacial score (nSPS) is 16.2. The number of hydrogen-bond acceptors (Lipinski definition) is 6. The van der Waals surface area contributed by atoms with E-state index < -0.39 is 29.9 Å². The number of carboxylic acid groups (broad SMARTS) is 1. The maximum absolute atomic E-state index is 13.5. The Morgan fingerprint density at radius 2 is 1.86 bits per heavy atom. The number of likely N-dealkylation sites (N-methyl/N-ethyl adjacent to an activating group) is 1. The second kappa shape index (κ2) is 10.7. The number of benzene rings is 2. The number of carbonyl (C=O) groups excluding carboxylic acids is 2. The lowest BCUT2D eigenvalue weighted by atomic mass is 9.90. The van der Waals surface area contributed by atoms with Gasteiger partial charge >= 0.3 is 12.0 Å². The summed E-state index contributed by atoms with van der Waals surface area (Å²) in [4.78, 5) is 41.5. The number of nitrogens with zero attached hydrogens (tertiary/aromatic N) is 3. The number of nitrogens with one attached hydrogen (secondary N) is 1. The number of carboxylic acids is 1. The van der Waals surface area contributed by atoms with Crippen molar-refractivity contribution in [3.8, 4) is 6.07 Å². The van der Waals surface area contributed by atoms with Gasteiger partial charge in [-0.05, 0) is 49.0 Å². The van der Waals surface area contributed by atoms with Crippen LogP contribution in [-0.4, -0.2) is 47.5 Å². The zero-order valence-electron chi connectivity index (χ0n) is 18.9. The minimum Gasteiger partial charge on any atom is -0.478 e. The zero-order valence-corrected chi connectivity index (χ0v) is 21.3. The Morgan fingerprint density at radius 3 is 2.44 bits per heavy atom. The van der Waals surface area contributed by atoms with Crippen molar-refractivity contribution in [3.63, 3.8) is 0 Å². The molecule has 3 aromatic rings. The van der Waals surface area contributed by atoms with Crippen LogP contribution < -0.4 is 10.2 Å². The molecular formula is C25H20Cl2N4O4S. The summed E-state index contributed by atoms with van der Waals surface area (Å²) in [6.45, 7) is 0.820. The number of imide groups is 1. The molecule has 1 aliphatic rings. The first-order valence-electron chi connectivity index (χ1n) is 10.8. The predicted molar refractivity (Wildman–Crippen MR) is 138 cm³/mol. The van der Waals surface area contributed by atoms with Crippen LogP contribution in [0.1, 0.15) is 32.3 Å². The molecule has 1 aliphatic heterocycles. The number of aromatic carboxylic acids is 1.